The van der Waals surface area contributed by atoms with Gasteiger partial charge in [-0.2, -0.15) is 0 Å². The van der Waals surface area contributed by atoms with Gasteiger partial charge in [0.25, 0.3) is 0 Å². The Morgan fingerprint density at radius 2 is 2.00 bits per heavy atom. The van der Waals surface area contributed by atoms with Crippen molar-refractivity contribution >= 4 is 0 Å². The van der Waals surface area contributed by atoms with Gasteiger partial charge in [-0.15, -0.1) is 5.10 Å². The summed E-state index contributed by atoms with van der Waals surface area (Å²) in [7, 11) is 0. The molecule has 1 aliphatic carbocycles. The third-order valence-electron chi connectivity index (χ3n) is 5.21. The topological polar surface area (TPSA) is 34.0 Å². The molecule has 2 aliphatic rings. The molecule has 1 saturated carbocycles. The van der Waals surface area contributed by atoms with Gasteiger partial charge < -0.3 is 4.90 Å². The van der Waals surface area contributed by atoms with E-state index >= 15 is 0 Å². The molecule has 1 atom stereocenters. The highest BCUT2D eigenvalue weighted by Gasteiger charge is 2.29. The number of unbranched alkanes of at least 4 members (excludes halogenated alkanes) is 1. The maximum Gasteiger partial charge on any atom is 0.0827 e. The standard InChI is InChI=1S/C17H30N4/c1-3-4-5-16-13-21(19-18-16)17-8-10-20(11-9-17)14(2)12-15-6-7-15/h13-15,17H,3-12H2,1-2H3/t14-/m1/s1. The summed E-state index contributed by atoms with van der Waals surface area (Å²) < 4.78 is 2.13. The molecule has 1 aliphatic heterocycles. The van der Waals surface area contributed by atoms with Crippen LogP contribution in [-0.4, -0.2) is 39.0 Å². The Labute approximate surface area is 128 Å². The van der Waals surface area contributed by atoms with Crippen LogP contribution < -0.4 is 0 Å². The first-order valence-electron chi connectivity index (χ1n) is 8.91. The maximum absolute atomic E-state index is 4.37. The minimum absolute atomic E-state index is 0.567. The van der Waals surface area contributed by atoms with Crippen molar-refractivity contribution in [3.05, 3.63) is 11.9 Å². The molecule has 0 radical (unpaired) electrons. The van der Waals surface area contributed by atoms with Crippen molar-refractivity contribution in [1.82, 2.24) is 19.9 Å². The number of hydrogen-bond acceptors (Lipinski definition) is 3. The molecule has 2 fully saturated rings. The Balaban J connectivity index is 1.47. The number of likely N-dealkylation sites (tertiary alicyclic amines) is 1. The molecule has 0 bridgehead atoms. The summed E-state index contributed by atoms with van der Waals surface area (Å²) in [6.45, 7) is 7.09. The molecule has 2 heterocycles. The Morgan fingerprint density at radius 3 is 2.67 bits per heavy atom. The van der Waals surface area contributed by atoms with E-state index in [1.165, 1.54) is 63.7 Å². The number of piperidine rings is 1. The van der Waals surface area contributed by atoms with Gasteiger partial charge in [0, 0.05) is 25.3 Å². The zero-order valence-corrected chi connectivity index (χ0v) is 13.7. The van der Waals surface area contributed by atoms with Crippen LogP contribution in [0.15, 0.2) is 6.20 Å². The summed E-state index contributed by atoms with van der Waals surface area (Å²) >= 11 is 0. The maximum atomic E-state index is 4.37. The first-order valence-corrected chi connectivity index (χ1v) is 8.91. The van der Waals surface area contributed by atoms with Gasteiger partial charge >= 0.3 is 0 Å². The van der Waals surface area contributed by atoms with Crippen molar-refractivity contribution in [2.24, 2.45) is 5.92 Å². The van der Waals surface area contributed by atoms with Crippen LogP contribution in [-0.2, 0) is 6.42 Å². The number of hydrogen-bond donors (Lipinski definition) is 0. The molecule has 0 spiro atoms. The predicted octanol–water partition coefficient (Wildman–Crippen LogP) is 3.45. The summed E-state index contributed by atoms with van der Waals surface area (Å²) in [5.74, 6) is 1.04. The molecule has 0 unspecified atom stereocenters. The van der Waals surface area contributed by atoms with Crippen molar-refractivity contribution in [2.45, 2.75) is 77.3 Å². The van der Waals surface area contributed by atoms with Crippen LogP contribution in [0.3, 0.4) is 0 Å². The molecule has 1 aromatic heterocycles. The lowest BCUT2D eigenvalue weighted by atomic mass is 10.0. The molecule has 0 amide bonds. The fourth-order valence-electron chi connectivity index (χ4n) is 3.54. The summed E-state index contributed by atoms with van der Waals surface area (Å²) in [5.41, 5.74) is 1.17. The molecular formula is C17H30N4. The number of nitrogens with zero attached hydrogens (tertiary/aromatic N) is 4. The normalized spacial score (nSPS) is 22.6. The Morgan fingerprint density at radius 1 is 1.24 bits per heavy atom. The van der Waals surface area contributed by atoms with Gasteiger partial charge in [-0.3, -0.25) is 0 Å². The van der Waals surface area contributed by atoms with Crippen LogP contribution in [0.25, 0.3) is 0 Å². The molecule has 0 aromatic carbocycles. The van der Waals surface area contributed by atoms with Crippen LogP contribution in [0, 0.1) is 5.92 Å². The molecule has 1 saturated heterocycles. The second kappa shape index (κ2) is 6.91. The van der Waals surface area contributed by atoms with E-state index in [1.54, 1.807) is 0 Å². The van der Waals surface area contributed by atoms with Gasteiger partial charge in [0.1, 0.15) is 0 Å². The Kier molecular flexibility index (Phi) is 4.94. The van der Waals surface area contributed by atoms with E-state index in [9.17, 15) is 0 Å². The van der Waals surface area contributed by atoms with Gasteiger partial charge in [-0.05, 0) is 44.9 Å². The van der Waals surface area contributed by atoms with Gasteiger partial charge in [0.05, 0.1) is 11.7 Å². The van der Waals surface area contributed by atoms with Crippen LogP contribution in [0.1, 0.15) is 70.5 Å². The molecular weight excluding hydrogens is 260 g/mol. The third kappa shape index (κ3) is 4.06. The highest BCUT2D eigenvalue weighted by Crippen LogP contribution is 2.35. The fraction of sp³-hybridized carbons (Fsp3) is 0.882. The van der Waals surface area contributed by atoms with E-state index in [1.807, 2.05) is 0 Å². The smallest absolute Gasteiger partial charge is 0.0827 e. The average Bonchev–Trinajstić information content (AvgIpc) is 3.20. The summed E-state index contributed by atoms with van der Waals surface area (Å²) in [4.78, 5) is 2.68. The van der Waals surface area contributed by atoms with E-state index in [4.69, 9.17) is 0 Å². The highest BCUT2D eigenvalue weighted by atomic mass is 15.4. The molecule has 1 aromatic rings. The molecule has 4 heteroatoms. The fourth-order valence-corrected chi connectivity index (χ4v) is 3.54. The predicted molar refractivity (Wildman–Crippen MR) is 85.3 cm³/mol. The van der Waals surface area contributed by atoms with Crippen LogP contribution in [0.5, 0.6) is 0 Å². The van der Waals surface area contributed by atoms with Gasteiger partial charge in [0.15, 0.2) is 0 Å². The van der Waals surface area contributed by atoms with Crippen molar-refractivity contribution in [1.29, 1.82) is 0 Å². The summed E-state index contributed by atoms with van der Waals surface area (Å²) in [6, 6.07) is 1.34. The lowest BCUT2D eigenvalue weighted by Crippen LogP contribution is -2.40. The van der Waals surface area contributed by atoms with Crippen molar-refractivity contribution in [3.8, 4) is 0 Å². The first kappa shape index (κ1) is 15.0. The SMILES string of the molecule is CCCCc1cn(C2CCN([C@H](C)CC3CC3)CC2)nn1. The molecule has 21 heavy (non-hydrogen) atoms. The van der Waals surface area contributed by atoms with Crippen molar-refractivity contribution in [2.75, 3.05) is 13.1 Å². The monoisotopic (exact) mass is 290 g/mol. The van der Waals surface area contributed by atoms with Gasteiger partial charge in [0.2, 0.25) is 0 Å². The average molecular weight is 290 g/mol. The Bertz CT molecular complexity index is 430. The highest BCUT2D eigenvalue weighted by molar-refractivity contribution is 4.94. The minimum Gasteiger partial charge on any atom is -0.300 e. The zero-order chi connectivity index (χ0) is 14.7. The second-order valence-corrected chi connectivity index (χ2v) is 7.09. The quantitative estimate of drug-likeness (QED) is 0.771. The van der Waals surface area contributed by atoms with Crippen LogP contribution in [0.4, 0.5) is 0 Å². The lowest BCUT2D eigenvalue weighted by Gasteiger charge is -2.36. The Hall–Kier alpha value is -0.900. The number of rotatable bonds is 7. The van der Waals surface area contributed by atoms with E-state index in [-0.39, 0.29) is 0 Å². The van der Waals surface area contributed by atoms with E-state index in [0.717, 1.165) is 18.4 Å². The minimum atomic E-state index is 0.567. The third-order valence-corrected chi connectivity index (χ3v) is 5.21. The van der Waals surface area contributed by atoms with Crippen LogP contribution in [0.2, 0.25) is 0 Å². The first-order chi connectivity index (χ1) is 10.3. The van der Waals surface area contributed by atoms with E-state index < -0.39 is 0 Å². The van der Waals surface area contributed by atoms with Gasteiger partial charge in [-0.1, -0.05) is 31.4 Å². The largest absolute Gasteiger partial charge is 0.300 e. The molecule has 4 nitrogen and oxygen atoms in total. The van der Waals surface area contributed by atoms with Crippen molar-refractivity contribution in [3.63, 3.8) is 0 Å². The molecule has 0 N–H and O–H groups in total. The van der Waals surface area contributed by atoms with E-state index in [0.29, 0.717) is 6.04 Å². The molecule has 118 valence electrons. The molecule has 3 rings (SSSR count). The van der Waals surface area contributed by atoms with Gasteiger partial charge in [-0.25, -0.2) is 4.68 Å². The number of aromatic nitrogens is 3. The summed E-state index contributed by atoms with van der Waals surface area (Å²) in [6.07, 6.45) is 12.5. The zero-order valence-electron chi connectivity index (χ0n) is 13.7. The van der Waals surface area contributed by atoms with Crippen molar-refractivity contribution < 1.29 is 0 Å². The lowest BCUT2D eigenvalue weighted by molar-refractivity contribution is 0.129. The number of aryl methyl sites for hydroxylation is 1. The summed E-state index contributed by atoms with van der Waals surface area (Å²) in [5, 5.41) is 8.70. The second-order valence-electron chi connectivity index (χ2n) is 7.09. The van der Waals surface area contributed by atoms with Crippen LogP contribution >= 0.6 is 0 Å². The van der Waals surface area contributed by atoms with E-state index in [2.05, 4.69) is 39.9 Å².